The molecule has 2 rings (SSSR count). The van der Waals surface area contributed by atoms with Crippen LogP contribution in [0.3, 0.4) is 0 Å². The molecule has 5 heteroatoms. The molecule has 0 heterocycles. The molecule has 1 fully saturated rings. The maximum atomic E-state index is 5.96. The van der Waals surface area contributed by atoms with Crippen molar-refractivity contribution in [3.05, 3.63) is 28.8 Å². The lowest BCUT2D eigenvalue weighted by atomic mass is 10.2. The van der Waals surface area contributed by atoms with E-state index in [4.69, 9.17) is 16.3 Å². The summed E-state index contributed by atoms with van der Waals surface area (Å²) >= 11 is 5.96. The smallest absolute Gasteiger partial charge is 0.191 e. The Labute approximate surface area is 125 Å². The van der Waals surface area contributed by atoms with E-state index in [0.29, 0.717) is 17.6 Å². The van der Waals surface area contributed by atoms with Crippen LogP contribution in [0.5, 0.6) is 5.75 Å². The van der Waals surface area contributed by atoms with Gasteiger partial charge in [-0.05, 0) is 25.0 Å². The van der Waals surface area contributed by atoms with E-state index in [1.807, 2.05) is 18.2 Å². The Balaban J connectivity index is 1.92. The number of benzene rings is 1. The maximum Gasteiger partial charge on any atom is 0.191 e. The van der Waals surface area contributed by atoms with Crippen LogP contribution < -0.4 is 15.4 Å². The zero-order valence-electron chi connectivity index (χ0n) is 12.1. The fourth-order valence-electron chi connectivity index (χ4n) is 2.50. The predicted octanol–water partition coefficient (Wildman–Crippen LogP) is 2.96. The van der Waals surface area contributed by atoms with Crippen molar-refractivity contribution >= 4 is 17.6 Å². The highest BCUT2D eigenvalue weighted by molar-refractivity contribution is 6.30. The first-order chi connectivity index (χ1) is 9.72. The maximum absolute atomic E-state index is 5.96. The molecule has 0 unspecified atom stereocenters. The van der Waals surface area contributed by atoms with E-state index in [2.05, 4.69) is 15.6 Å². The second-order valence-corrected chi connectivity index (χ2v) is 5.44. The summed E-state index contributed by atoms with van der Waals surface area (Å²) < 4.78 is 5.34. The molecule has 20 heavy (non-hydrogen) atoms. The molecule has 1 aliphatic carbocycles. The van der Waals surface area contributed by atoms with Crippen molar-refractivity contribution < 1.29 is 4.74 Å². The molecule has 0 saturated heterocycles. The van der Waals surface area contributed by atoms with Crippen LogP contribution in [0.25, 0.3) is 0 Å². The molecule has 0 spiro atoms. The lowest BCUT2D eigenvalue weighted by molar-refractivity contribution is 0.409. The van der Waals surface area contributed by atoms with Gasteiger partial charge < -0.3 is 15.4 Å². The molecular weight excluding hydrogens is 274 g/mol. The molecule has 0 aromatic heterocycles. The number of guanidine groups is 1. The van der Waals surface area contributed by atoms with Crippen LogP contribution >= 0.6 is 11.6 Å². The number of methoxy groups -OCH3 is 1. The Morgan fingerprint density at radius 2 is 2.15 bits per heavy atom. The van der Waals surface area contributed by atoms with Crippen molar-refractivity contribution in [3.8, 4) is 5.75 Å². The Morgan fingerprint density at radius 1 is 1.40 bits per heavy atom. The van der Waals surface area contributed by atoms with E-state index < -0.39 is 0 Å². The van der Waals surface area contributed by atoms with Gasteiger partial charge in [-0.2, -0.15) is 0 Å². The van der Waals surface area contributed by atoms with Crippen molar-refractivity contribution in [2.24, 2.45) is 4.99 Å². The third-order valence-electron chi connectivity index (χ3n) is 3.62. The Morgan fingerprint density at radius 3 is 2.80 bits per heavy atom. The van der Waals surface area contributed by atoms with Gasteiger partial charge in [0.15, 0.2) is 5.96 Å². The summed E-state index contributed by atoms with van der Waals surface area (Å²) in [6, 6.07) is 6.21. The highest BCUT2D eigenvalue weighted by Crippen LogP contribution is 2.23. The van der Waals surface area contributed by atoms with Gasteiger partial charge >= 0.3 is 0 Å². The van der Waals surface area contributed by atoms with E-state index >= 15 is 0 Å². The van der Waals surface area contributed by atoms with Crippen LogP contribution in [0.1, 0.15) is 31.2 Å². The van der Waals surface area contributed by atoms with E-state index in [0.717, 1.165) is 17.3 Å². The Hall–Kier alpha value is -1.42. The van der Waals surface area contributed by atoms with Gasteiger partial charge in [0.25, 0.3) is 0 Å². The van der Waals surface area contributed by atoms with Gasteiger partial charge in [-0.1, -0.05) is 30.5 Å². The SMILES string of the molecule is CN=C(NCc1ccc(Cl)cc1OC)NC1CCCC1. The molecule has 110 valence electrons. The summed E-state index contributed by atoms with van der Waals surface area (Å²) in [5.41, 5.74) is 1.06. The van der Waals surface area contributed by atoms with Gasteiger partial charge in [-0.15, -0.1) is 0 Å². The molecule has 1 aromatic carbocycles. The summed E-state index contributed by atoms with van der Waals surface area (Å²) in [6.45, 7) is 0.659. The van der Waals surface area contributed by atoms with Crippen LogP contribution in [0.4, 0.5) is 0 Å². The monoisotopic (exact) mass is 295 g/mol. The number of hydrogen-bond acceptors (Lipinski definition) is 2. The highest BCUT2D eigenvalue weighted by Gasteiger charge is 2.16. The van der Waals surface area contributed by atoms with Crippen molar-refractivity contribution in [1.29, 1.82) is 0 Å². The number of aliphatic imine (C=N–C) groups is 1. The first kappa shape index (κ1) is 15.0. The molecule has 4 nitrogen and oxygen atoms in total. The van der Waals surface area contributed by atoms with Gasteiger partial charge in [-0.25, -0.2) is 0 Å². The third kappa shape index (κ3) is 4.04. The van der Waals surface area contributed by atoms with Crippen LogP contribution in [-0.4, -0.2) is 26.2 Å². The number of halogens is 1. The van der Waals surface area contributed by atoms with Crippen molar-refractivity contribution in [1.82, 2.24) is 10.6 Å². The number of nitrogens with one attached hydrogen (secondary N) is 2. The van der Waals surface area contributed by atoms with E-state index in [1.54, 1.807) is 14.2 Å². The molecule has 0 radical (unpaired) electrons. The van der Waals surface area contributed by atoms with Crippen molar-refractivity contribution in [2.75, 3.05) is 14.2 Å². The normalized spacial score (nSPS) is 16.2. The molecule has 0 amide bonds. The average Bonchev–Trinajstić information content (AvgIpc) is 2.97. The molecule has 0 bridgehead atoms. The Kier molecular flexibility index (Phi) is 5.53. The summed E-state index contributed by atoms with van der Waals surface area (Å²) in [7, 11) is 3.45. The molecule has 1 aliphatic rings. The fourth-order valence-corrected chi connectivity index (χ4v) is 2.66. The minimum Gasteiger partial charge on any atom is -0.496 e. The summed E-state index contributed by atoms with van der Waals surface area (Å²) in [4.78, 5) is 4.27. The topological polar surface area (TPSA) is 45.7 Å². The van der Waals surface area contributed by atoms with Gasteiger partial charge in [0, 0.05) is 30.2 Å². The average molecular weight is 296 g/mol. The zero-order chi connectivity index (χ0) is 14.4. The minimum atomic E-state index is 0.549. The standard InChI is InChI=1S/C15H22ClN3O/c1-17-15(19-13-5-3-4-6-13)18-10-11-7-8-12(16)9-14(11)20-2/h7-9,13H,3-6,10H2,1-2H3,(H2,17,18,19). The number of hydrogen-bond donors (Lipinski definition) is 2. The summed E-state index contributed by atoms with van der Waals surface area (Å²) in [6.07, 6.45) is 5.06. The lowest BCUT2D eigenvalue weighted by Crippen LogP contribution is -2.41. The van der Waals surface area contributed by atoms with Crippen LogP contribution in [0.15, 0.2) is 23.2 Å². The molecule has 1 aromatic rings. The molecule has 0 aliphatic heterocycles. The first-order valence-corrected chi connectivity index (χ1v) is 7.40. The minimum absolute atomic E-state index is 0.549. The molecular formula is C15H22ClN3O. The van der Waals surface area contributed by atoms with Gasteiger partial charge in [0.1, 0.15) is 5.75 Å². The third-order valence-corrected chi connectivity index (χ3v) is 3.85. The number of rotatable bonds is 4. The lowest BCUT2D eigenvalue weighted by Gasteiger charge is -2.17. The van der Waals surface area contributed by atoms with Crippen molar-refractivity contribution in [3.63, 3.8) is 0 Å². The largest absolute Gasteiger partial charge is 0.496 e. The highest BCUT2D eigenvalue weighted by atomic mass is 35.5. The van der Waals surface area contributed by atoms with E-state index in [-0.39, 0.29) is 0 Å². The second kappa shape index (κ2) is 7.39. The predicted molar refractivity (Wildman–Crippen MR) is 83.6 cm³/mol. The molecule has 1 saturated carbocycles. The van der Waals surface area contributed by atoms with Crippen molar-refractivity contribution in [2.45, 2.75) is 38.3 Å². The molecule has 0 atom stereocenters. The van der Waals surface area contributed by atoms with Gasteiger partial charge in [-0.3, -0.25) is 4.99 Å². The number of nitrogens with zero attached hydrogens (tertiary/aromatic N) is 1. The van der Waals surface area contributed by atoms with Crippen LogP contribution in [0, 0.1) is 0 Å². The van der Waals surface area contributed by atoms with Gasteiger partial charge in [0.2, 0.25) is 0 Å². The first-order valence-electron chi connectivity index (χ1n) is 7.02. The number of ether oxygens (including phenoxy) is 1. The fraction of sp³-hybridized carbons (Fsp3) is 0.533. The van der Waals surface area contributed by atoms with Crippen LogP contribution in [-0.2, 0) is 6.54 Å². The Bertz CT molecular complexity index is 470. The van der Waals surface area contributed by atoms with Gasteiger partial charge in [0.05, 0.1) is 7.11 Å². The second-order valence-electron chi connectivity index (χ2n) is 5.01. The quantitative estimate of drug-likeness (QED) is 0.663. The van der Waals surface area contributed by atoms with Crippen LogP contribution in [0.2, 0.25) is 5.02 Å². The molecule has 2 N–H and O–H groups in total. The summed E-state index contributed by atoms with van der Waals surface area (Å²) in [5.74, 6) is 1.63. The summed E-state index contributed by atoms with van der Waals surface area (Å²) in [5, 5.41) is 7.46. The van der Waals surface area contributed by atoms with E-state index in [9.17, 15) is 0 Å². The zero-order valence-corrected chi connectivity index (χ0v) is 12.8. The van der Waals surface area contributed by atoms with E-state index in [1.165, 1.54) is 25.7 Å².